The minimum atomic E-state index is 0.784. The van der Waals surface area contributed by atoms with Gasteiger partial charge < -0.3 is 0 Å². The van der Waals surface area contributed by atoms with Gasteiger partial charge in [0.25, 0.3) is 0 Å². The first-order chi connectivity index (χ1) is 14.5. The van der Waals surface area contributed by atoms with Gasteiger partial charge in [0.1, 0.15) is 0 Å². The molecule has 0 atom stereocenters. The van der Waals surface area contributed by atoms with Crippen molar-refractivity contribution in [3.8, 4) is 11.1 Å². The lowest BCUT2D eigenvalue weighted by molar-refractivity contribution is 0.348. The Balaban J connectivity index is 1.39. The van der Waals surface area contributed by atoms with E-state index in [0.717, 1.165) is 24.7 Å². The van der Waals surface area contributed by atoms with E-state index in [2.05, 4.69) is 88.4 Å². The first-order valence-electron chi connectivity index (χ1n) is 11.8. The molecule has 0 spiro atoms. The molecule has 0 radical (unpaired) electrons. The van der Waals surface area contributed by atoms with Crippen LogP contribution in [0.5, 0.6) is 0 Å². The van der Waals surface area contributed by atoms with E-state index in [9.17, 15) is 0 Å². The van der Waals surface area contributed by atoms with Gasteiger partial charge in [-0.2, -0.15) is 0 Å². The van der Waals surface area contributed by atoms with E-state index in [4.69, 9.17) is 0 Å². The standard InChI is InChI=1S/C30H36/c1-21-5-11-27(12-6-21)29-17-16-26(23(3)20-29)13-8-25-9-14-28(15-10-25)30-18-7-22(2)19-24(30)4/h7,9-10,14-21,27H,5-6,8,11-13H2,1-4H3. The highest BCUT2D eigenvalue weighted by Crippen LogP contribution is 2.36. The zero-order chi connectivity index (χ0) is 21.1. The Morgan fingerprint density at radius 1 is 0.700 bits per heavy atom. The first kappa shape index (κ1) is 20.9. The fourth-order valence-electron chi connectivity index (χ4n) is 5.11. The second-order valence-corrected chi connectivity index (χ2v) is 9.66. The maximum atomic E-state index is 2.47. The molecule has 0 heteroatoms. The quantitative estimate of drug-likeness (QED) is 0.406. The van der Waals surface area contributed by atoms with Gasteiger partial charge in [-0.3, -0.25) is 0 Å². The zero-order valence-electron chi connectivity index (χ0n) is 19.2. The smallest absolute Gasteiger partial charge is 0.0155 e. The summed E-state index contributed by atoms with van der Waals surface area (Å²) in [6, 6.07) is 23.2. The molecule has 1 aliphatic carbocycles. The van der Waals surface area contributed by atoms with Crippen molar-refractivity contribution in [1.29, 1.82) is 0 Å². The monoisotopic (exact) mass is 396 g/mol. The highest BCUT2D eigenvalue weighted by Gasteiger charge is 2.20. The van der Waals surface area contributed by atoms with E-state index in [0.29, 0.717) is 0 Å². The molecule has 0 saturated heterocycles. The summed E-state index contributed by atoms with van der Waals surface area (Å²) in [5.41, 5.74) is 11.3. The van der Waals surface area contributed by atoms with Crippen LogP contribution in [0.1, 0.15) is 71.9 Å². The molecular weight excluding hydrogens is 360 g/mol. The van der Waals surface area contributed by atoms with E-state index < -0.39 is 0 Å². The number of hydrogen-bond acceptors (Lipinski definition) is 0. The van der Waals surface area contributed by atoms with Crippen LogP contribution in [0.15, 0.2) is 60.7 Å². The van der Waals surface area contributed by atoms with Gasteiger partial charge in [-0.1, -0.05) is 86.0 Å². The molecule has 3 aromatic carbocycles. The van der Waals surface area contributed by atoms with Crippen LogP contribution < -0.4 is 0 Å². The van der Waals surface area contributed by atoms with Gasteiger partial charge in [0.2, 0.25) is 0 Å². The van der Waals surface area contributed by atoms with Gasteiger partial charge in [0.05, 0.1) is 0 Å². The number of benzene rings is 3. The van der Waals surface area contributed by atoms with Gasteiger partial charge in [-0.05, 0) is 97.2 Å². The summed E-state index contributed by atoms with van der Waals surface area (Å²) >= 11 is 0. The van der Waals surface area contributed by atoms with Crippen LogP contribution in [-0.2, 0) is 12.8 Å². The van der Waals surface area contributed by atoms with Gasteiger partial charge in [-0.25, -0.2) is 0 Å². The molecule has 0 nitrogen and oxygen atoms in total. The van der Waals surface area contributed by atoms with Gasteiger partial charge in [-0.15, -0.1) is 0 Å². The maximum absolute atomic E-state index is 2.47. The van der Waals surface area contributed by atoms with E-state index in [1.807, 2.05) is 0 Å². The Hall–Kier alpha value is -2.34. The van der Waals surface area contributed by atoms with Crippen LogP contribution in [0, 0.1) is 26.7 Å². The molecule has 0 heterocycles. The van der Waals surface area contributed by atoms with Crippen LogP contribution >= 0.6 is 0 Å². The fraction of sp³-hybridized carbons (Fsp3) is 0.400. The SMILES string of the molecule is Cc1ccc(-c2ccc(CCc3ccc(C4CCC(C)CC4)cc3C)cc2)c(C)c1. The fourth-order valence-corrected chi connectivity index (χ4v) is 5.11. The third kappa shape index (κ3) is 4.86. The summed E-state index contributed by atoms with van der Waals surface area (Å²) in [4.78, 5) is 0. The molecule has 0 N–H and O–H groups in total. The van der Waals surface area contributed by atoms with Gasteiger partial charge in [0.15, 0.2) is 0 Å². The molecule has 4 rings (SSSR count). The minimum absolute atomic E-state index is 0.784. The van der Waals surface area contributed by atoms with Gasteiger partial charge in [0, 0.05) is 0 Å². The predicted octanol–water partition coefficient (Wildman–Crippen LogP) is 8.36. The Morgan fingerprint density at radius 3 is 2.10 bits per heavy atom. The Bertz CT molecular complexity index is 985. The molecule has 3 aromatic rings. The van der Waals surface area contributed by atoms with Crippen molar-refractivity contribution in [2.45, 2.75) is 72.1 Å². The van der Waals surface area contributed by atoms with Crippen molar-refractivity contribution in [2.24, 2.45) is 5.92 Å². The Kier molecular flexibility index (Phi) is 6.42. The van der Waals surface area contributed by atoms with Crippen LogP contribution in [0.4, 0.5) is 0 Å². The third-order valence-corrected chi connectivity index (χ3v) is 7.18. The second kappa shape index (κ2) is 9.21. The topological polar surface area (TPSA) is 0 Å². The van der Waals surface area contributed by atoms with E-state index in [-0.39, 0.29) is 0 Å². The molecule has 0 unspecified atom stereocenters. The van der Waals surface area contributed by atoms with E-state index in [1.54, 1.807) is 5.56 Å². The number of hydrogen-bond donors (Lipinski definition) is 0. The maximum Gasteiger partial charge on any atom is -0.0155 e. The lowest BCUT2D eigenvalue weighted by Gasteiger charge is -2.27. The predicted molar refractivity (Wildman–Crippen MR) is 130 cm³/mol. The molecule has 1 aliphatic rings. The summed E-state index contributed by atoms with van der Waals surface area (Å²) in [5, 5.41) is 0. The molecule has 0 amide bonds. The van der Waals surface area contributed by atoms with Crippen LogP contribution in [0.3, 0.4) is 0 Å². The minimum Gasteiger partial charge on any atom is -0.0625 e. The summed E-state index contributed by atoms with van der Waals surface area (Å²) in [6.45, 7) is 9.06. The summed E-state index contributed by atoms with van der Waals surface area (Å²) in [7, 11) is 0. The average Bonchev–Trinajstić information content (AvgIpc) is 2.74. The van der Waals surface area contributed by atoms with Crippen LogP contribution in [-0.4, -0.2) is 0 Å². The van der Waals surface area contributed by atoms with Crippen LogP contribution in [0.2, 0.25) is 0 Å². The molecular formula is C30H36. The van der Waals surface area contributed by atoms with E-state index >= 15 is 0 Å². The lowest BCUT2D eigenvalue weighted by atomic mass is 9.79. The summed E-state index contributed by atoms with van der Waals surface area (Å²) < 4.78 is 0. The Labute approximate surface area is 183 Å². The van der Waals surface area contributed by atoms with Crippen molar-refractivity contribution < 1.29 is 0 Å². The molecule has 0 aliphatic heterocycles. The summed E-state index contributed by atoms with van der Waals surface area (Å²) in [6.07, 6.45) is 7.75. The first-order valence-corrected chi connectivity index (χ1v) is 11.8. The normalized spacial score (nSPS) is 19.1. The van der Waals surface area contributed by atoms with E-state index in [1.165, 1.54) is 64.6 Å². The van der Waals surface area contributed by atoms with Crippen LogP contribution in [0.25, 0.3) is 11.1 Å². The second-order valence-electron chi connectivity index (χ2n) is 9.66. The molecule has 0 aromatic heterocycles. The molecule has 0 bridgehead atoms. The molecule has 30 heavy (non-hydrogen) atoms. The lowest BCUT2D eigenvalue weighted by Crippen LogP contribution is -2.11. The zero-order valence-corrected chi connectivity index (χ0v) is 19.2. The number of rotatable bonds is 5. The van der Waals surface area contributed by atoms with Crippen molar-refractivity contribution in [3.05, 3.63) is 94.0 Å². The van der Waals surface area contributed by atoms with Gasteiger partial charge >= 0.3 is 0 Å². The number of aryl methyl sites for hydroxylation is 5. The highest BCUT2D eigenvalue weighted by molar-refractivity contribution is 5.67. The highest BCUT2D eigenvalue weighted by atomic mass is 14.2. The molecule has 1 fully saturated rings. The molecule has 156 valence electrons. The van der Waals surface area contributed by atoms with Crippen molar-refractivity contribution in [1.82, 2.24) is 0 Å². The van der Waals surface area contributed by atoms with Crippen molar-refractivity contribution in [3.63, 3.8) is 0 Å². The third-order valence-electron chi connectivity index (χ3n) is 7.18. The van der Waals surface area contributed by atoms with Crippen molar-refractivity contribution in [2.75, 3.05) is 0 Å². The van der Waals surface area contributed by atoms with Crippen molar-refractivity contribution >= 4 is 0 Å². The summed E-state index contributed by atoms with van der Waals surface area (Å²) in [5.74, 6) is 1.70. The average molecular weight is 397 g/mol. The Morgan fingerprint density at radius 2 is 1.43 bits per heavy atom. The molecule has 1 saturated carbocycles. The largest absolute Gasteiger partial charge is 0.0625 e.